The summed E-state index contributed by atoms with van der Waals surface area (Å²) in [4.78, 5) is 10.4. The van der Waals surface area contributed by atoms with E-state index in [0.29, 0.717) is 0 Å². The van der Waals surface area contributed by atoms with E-state index in [0.717, 1.165) is 12.8 Å². The van der Waals surface area contributed by atoms with Crippen molar-refractivity contribution in [1.82, 2.24) is 0 Å². The summed E-state index contributed by atoms with van der Waals surface area (Å²) in [7, 11) is 0. The molecule has 0 aliphatic heterocycles. The normalized spacial score (nSPS) is 10.3. The van der Waals surface area contributed by atoms with Crippen LogP contribution in [0.3, 0.4) is 0 Å². The summed E-state index contributed by atoms with van der Waals surface area (Å²) < 4.78 is 0. The third kappa shape index (κ3) is 3.39. The molecule has 1 rings (SSSR count). The fourth-order valence-corrected chi connectivity index (χ4v) is 1.72. The van der Waals surface area contributed by atoms with Crippen LogP contribution in [0.4, 0.5) is 0 Å². The number of aliphatic carboxylic acids is 1. The van der Waals surface area contributed by atoms with E-state index in [-0.39, 0.29) is 6.42 Å². The molecule has 1 N–H and O–H groups in total. The highest BCUT2D eigenvalue weighted by atomic mass is 16.4. The second-order valence-electron chi connectivity index (χ2n) is 4.11. The number of hydrogen-bond donors (Lipinski definition) is 1. The molecule has 0 fully saturated rings. The molecular weight excluding hydrogens is 188 g/mol. The van der Waals surface area contributed by atoms with E-state index in [2.05, 4.69) is 32.9 Å². The number of carboxylic acids is 1. The molecule has 0 saturated carbocycles. The van der Waals surface area contributed by atoms with E-state index in [1.807, 2.05) is 0 Å². The highest BCUT2D eigenvalue weighted by Crippen LogP contribution is 2.17. The van der Waals surface area contributed by atoms with Crippen molar-refractivity contribution in [3.8, 4) is 0 Å². The van der Waals surface area contributed by atoms with Crippen LogP contribution in [0.25, 0.3) is 0 Å². The summed E-state index contributed by atoms with van der Waals surface area (Å²) >= 11 is 0. The summed E-state index contributed by atoms with van der Waals surface area (Å²) in [6.45, 7) is 6.28. The predicted molar refractivity (Wildman–Crippen MR) is 61.2 cm³/mol. The average Bonchev–Trinajstić information content (AvgIpc) is 2.13. The van der Waals surface area contributed by atoms with E-state index in [4.69, 9.17) is 5.11 Å². The zero-order valence-electron chi connectivity index (χ0n) is 9.63. The van der Waals surface area contributed by atoms with Crippen LogP contribution in [0.1, 0.15) is 35.1 Å². The Morgan fingerprint density at radius 3 is 2.33 bits per heavy atom. The van der Waals surface area contributed by atoms with Crippen LogP contribution >= 0.6 is 0 Å². The molecule has 2 nitrogen and oxygen atoms in total. The van der Waals surface area contributed by atoms with Gasteiger partial charge in [0.15, 0.2) is 0 Å². The van der Waals surface area contributed by atoms with Gasteiger partial charge in [-0.1, -0.05) is 12.1 Å². The first-order chi connectivity index (χ1) is 7.00. The zero-order chi connectivity index (χ0) is 11.4. The maximum absolute atomic E-state index is 10.4. The molecule has 0 atom stereocenters. The molecule has 82 valence electrons. The summed E-state index contributed by atoms with van der Waals surface area (Å²) in [5, 5.41) is 8.56. The molecular formula is C13H18O2. The molecule has 15 heavy (non-hydrogen) atoms. The number of benzene rings is 1. The standard InChI is InChI=1S/C13H18O2/c1-9-7-11(3)12(8-10(9)2)5-4-6-13(14)15/h7-8H,4-6H2,1-3H3,(H,14,15). The molecule has 0 unspecified atom stereocenters. The van der Waals surface area contributed by atoms with Crippen LogP contribution in [-0.2, 0) is 11.2 Å². The third-order valence-electron chi connectivity index (χ3n) is 2.79. The van der Waals surface area contributed by atoms with Gasteiger partial charge < -0.3 is 5.11 Å². The first kappa shape index (κ1) is 11.8. The van der Waals surface area contributed by atoms with E-state index < -0.39 is 5.97 Å². The topological polar surface area (TPSA) is 37.3 Å². The molecule has 0 heterocycles. The van der Waals surface area contributed by atoms with Crippen LogP contribution in [0.5, 0.6) is 0 Å². The number of carboxylic acid groups (broad SMARTS) is 1. The van der Waals surface area contributed by atoms with Crippen molar-refractivity contribution in [2.75, 3.05) is 0 Å². The first-order valence-corrected chi connectivity index (χ1v) is 5.29. The van der Waals surface area contributed by atoms with Gasteiger partial charge in [0.05, 0.1) is 0 Å². The van der Waals surface area contributed by atoms with Crippen molar-refractivity contribution in [2.45, 2.75) is 40.0 Å². The molecule has 0 bridgehead atoms. The van der Waals surface area contributed by atoms with Crippen LogP contribution in [0, 0.1) is 20.8 Å². The van der Waals surface area contributed by atoms with Gasteiger partial charge in [-0.25, -0.2) is 0 Å². The zero-order valence-corrected chi connectivity index (χ0v) is 9.63. The van der Waals surface area contributed by atoms with Gasteiger partial charge in [0.1, 0.15) is 0 Å². The maximum Gasteiger partial charge on any atom is 0.303 e. The van der Waals surface area contributed by atoms with Crippen LogP contribution in [0.15, 0.2) is 12.1 Å². The highest BCUT2D eigenvalue weighted by molar-refractivity contribution is 5.66. The number of aryl methyl sites for hydroxylation is 4. The fourth-order valence-electron chi connectivity index (χ4n) is 1.72. The van der Waals surface area contributed by atoms with Crippen molar-refractivity contribution in [3.05, 3.63) is 34.4 Å². The minimum atomic E-state index is -0.712. The lowest BCUT2D eigenvalue weighted by molar-refractivity contribution is -0.137. The predicted octanol–water partition coefficient (Wildman–Crippen LogP) is 3.02. The van der Waals surface area contributed by atoms with Gasteiger partial charge in [0.25, 0.3) is 0 Å². The third-order valence-corrected chi connectivity index (χ3v) is 2.79. The van der Waals surface area contributed by atoms with Gasteiger partial charge in [-0.3, -0.25) is 4.79 Å². The smallest absolute Gasteiger partial charge is 0.303 e. The van der Waals surface area contributed by atoms with Crippen molar-refractivity contribution in [1.29, 1.82) is 0 Å². The lowest BCUT2D eigenvalue weighted by atomic mass is 9.97. The largest absolute Gasteiger partial charge is 0.481 e. The van der Waals surface area contributed by atoms with Gasteiger partial charge in [0.2, 0.25) is 0 Å². The second-order valence-corrected chi connectivity index (χ2v) is 4.11. The van der Waals surface area contributed by atoms with Crippen LogP contribution in [-0.4, -0.2) is 11.1 Å². The molecule has 0 aromatic heterocycles. The SMILES string of the molecule is Cc1cc(C)c(CCCC(=O)O)cc1C. The van der Waals surface area contributed by atoms with Gasteiger partial charge in [-0.15, -0.1) is 0 Å². The molecule has 1 aromatic rings. The van der Waals surface area contributed by atoms with E-state index in [1.54, 1.807) is 0 Å². The van der Waals surface area contributed by atoms with Gasteiger partial charge >= 0.3 is 5.97 Å². The van der Waals surface area contributed by atoms with Crippen LogP contribution < -0.4 is 0 Å². The Morgan fingerprint density at radius 1 is 1.13 bits per heavy atom. The fraction of sp³-hybridized carbons (Fsp3) is 0.462. The number of carbonyl (C=O) groups is 1. The Morgan fingerprint density at radius 2 is 1.73 bits per heavy atom. The molecule has 2 heteroatoms. The van der Waals surface area contributed by atoms with Crippen LogP contribution in [0.2, 0.25) is 0 Å². The van der Waals surface area contributed by atoms with E-state index in [9.17, 15) is 4.79 Å². The summed E-state index contributed by atoms with van der Waals surface area (Å²) in [6.07, 6.45) is 1.84. The quantitative estimate of drug-likeness (QED) is 0.822. The van der Waals surface area contributed by atoms with Crippen molar-refractivity contribution in [3.63, 3.8) is 0 Å². The van der Waals surface area contributed by atoms with E-state index >= 15 is 0 Å². The molecule has 0 saturated heterocycles. The number of rotatable bonds is 4. The molecule has 0 amide bonds. The lowest BCUT2D eigenvalue weighted by Gasteiger charge is -2.09. The van der Waals surface area contributed by atoms with Crippen molar-refractivity contribution >= 4 is 5.97 Å². The monoisotopic (exact) mass is 206 g/mol. The minimum absolute atomic E-state index is 0.256. The minimum Gasteiger partial charge on any atom is -0.481 e. The molecule has 0 aliphatic rings. The lowest BCUT2D eigenvalue weighted by Crippen LogP contribution is -1.98. The summed E-state index contributed by atoms with van der Waals surface area (Å²) in [5.41, 5.74) is 5.13. The number of hydrogen-bond acceptors (Lipinski definition) is 1. The molecule has 0 spiro atoms. The molecule has 0 aliphatic carbocycles. The Bertz CT molecular complexity index is 367. The van der Waals surface area contributed by atoms with Gasteiger partial charge in [-0.2, -0.15) is 0 Å². The van der Waals surface area contributed by atoms with Gasteiger partial charge in [0, 0.05) is 6.42 Å². The second kappa shape index (κ2) is 4.96. The molecule has 1 aromatic carbocycles. The Hall–Kier alpha value is -1.31. The summed E-state index contributed by atoms with van der Waals surface area (Å²) in [5.74, 6) is -0.712. The Kier molecular flexibility index (Phi) is 3.89. The Balaban J connectivity index is 2.69. The maximum atomic E-state index is 10.4. The Labute approximate surface area is 90.9 Å². The van der Waals surface area contributed by atoms with Crippen molar-refractivity contribution in [2.24, 2.45) is 0 Å². The highest BCUT2D eigenvalue weighted by Gasteiger charge is 2.03. The molecule has 0 radical (unpaired) electrons. The van der Waals surface area contributed by atoms with E-state index in [1.165, 1.54) is 22.3 Å². The van der Waals surface area contributed by atoms with Gasteiger partial charge in [-0.05, 0) is 55.9 Å². The summed E-state index contributed by atoms with van der Waals surface area (Å²) in [6, 6.07) is 4.35. The van der Waals surface area contributed by atoms with Crippen molar-refractivity contribution < 1.29 is 9.90 Å². The first-order valence-electron chi connectivity index (χ1n) is 5.29. The average molecular weight is 206 g/mol.